The first-order chi connectivity index (χ1) is 9.68. The molecule has 0 spiro atoms. The van der Waals surface area contributed by atoms with Crippen molar-refractivity contribution < 1.29 is 4.74 Å². The molecule has 1 aromatic rings. The summed E-state index contributed by atoms with van der Waals surface area (Å²) in [5.74, 6) is 1.09. The molecule has 3 rings (SSSR count). The van der Waals surface area contributed by atoms with E-state index in [2.05, 4.69) is 34.3 Å². The Bertz CT molecular complexity index is 461. The van der Waals surface area contributed by atoms with Crippen molar-refractivity contribution in [3.8, 4) is 0 Å². The highest BCUT2D eigenvalue weighted by Crippen LogP contribution is 2.27. The first-order valence-corrected chi connectivity index (χ1v) is 7.67. The van der Waals surface area contributed by atoms with Crippen LogP contribution in [0.4, 0.5) is 5.82 Å². The number of piperidine rings is 1. The van der Waals surface area contributed by atoms with Crippen LogP contribution >= 0.6 is 0 Å². The summed E-state index contributed by atoms with van der Waals surface area (Å²) in [5.41, 5.74) is 1.29. The third-order valence-electron chi connectivity index (χ3n) is 4.46. The predicted octanol–water partition coefficient (Wildman–Crippen LogP) is 2.34. The van der Waals surface area contributed by atoms with Crippen LogP contribution in [0.3, 0.4) is 0 Å². The van der Waals surface area contributed by atoms with E-state index in [1.54, 1.807) is 0 Å². The lowest BCUT2D eigenvalue weighted by molar-refractivity contribution is -0.00481. The van der Waals surface area contributed by atoms with Crippen LogP contribution < -0.4 is 10.2 Å². The van der Waals surface area contributed by atoms with Crippen LogP contribution in [-0.4, -0.2) is 36.8 Å². The number of rotatable bonds is 5. The molecule has 0 amide bonds. The second-order valence-corrected chi connectivity index (χ2v) is 6.36. The molecule has 1 N–H and O–H groups in total. The number of ether oxygens (including phenoxy) is 1. The fraction of sp³-hybridized carbons (Fsp3) is 0.688. The molecule has 4 heteroatoms. The summed E-state index contributed by atoms with van der Waals surface area (Å²) in [7, 11) is 1.81. The van der Waals surface area contributed by atoms with Crippen molar-refractivity contribution in [3.05, 3.63) is 23.9 Å². The SMILES string of the molecule is COC1(C)CCCN(c2cc(CNC3CC3)ccn2)C1. The number of anilines is 1. The van der Waals surface area contributed by atoms with Gasteiger partial charge in [-0.3, -0.25) is 0 Å². The van der Waals surface area contributed by atoms with Gasteiger partial charge in [0.1, 0.15) is 5.82 Å². The third-order valence-corrected chi connectivity index (χ3v) is 4.46. The number of nitrogens with one attached hydrogen (secondary N) is 1. The minimum Gasteiger partial charge on any atom is -0.377 e. The summed E-state index contributed by atoms with van der Waals surface area (Å²) < 4.78 is 5.67. The summed E-state index contributed by atoms with van der Waals surface area (Å²) in [5, 5.41) is 3.56. The van der Waals surface area contributed by atoms with Gasteiger partial charge in [0.05, 0.1) is 5.60 Å². The van der Waals surface area contributed by atoms with Gasteiger partial charge in [-0.15, -0.1) is 0 Å². The molecule has 0 aromatic carbocycles. The monoisotopic (exact) mass is 275 g/mol. The molecule has 20 heavy (non-hydrogen) atoms. The molecule has 4 nitrogen and oxygen atoms in total. The number of aromatic nitrogens is 1. The van der Waals surface area contributed by atoms with E-state index in [0.717, 1.165) is 44.3 Å². The van der Waals surface area contributed by atoms with Crippen molar-refractivity contribution in [1.82, 2.24) is 10.3 Å². The molecule has 1 saturated heterocycles. The quantitative estimate of drug-likeness (QED) is 0.895. The zero-order valence-electron chi connectivity index (χ0n) is 12.6. The molecule has 1 aliphatic heterocycles. The van der Waals surface area contributed by atoms with Gasteiger partial charge >= 0.3 is 0 Å². The summed E-state index contributed by atoms with van der Waals surface area (Å²) in [6, 6.07) is 5.08. The van der Waals surface area contributed by atoms with Gasteiger partial charge in [-0.1, -0.05) is 0 Å². The van der Waals surface area contributed by atoms with E-state index in [0.29, 0.717) is 0 Å². The van der Waals surface area contributed by atoms with Gasteiger partial charge in [0.15, 0.2) is 0 Å². The largest absolute Gasteiger partial charge is 0.377 e. The maximum Gasteiger partial charge on any atom is 0.128 e. The number of hydrogen-bond donors (Lipinski definition) is 1. The molecule has 2 fully saturated rings. The van der Waals surface area contributed by atoms with E-state index in [1.807, 2.05) is 13.3 Å². The Morgan fingerprint density at radius 3 is 3.10 bits per heavy atom. The second-order valence-electron chi connectivity index (χ2n) is 6.36. The highest BCUT2D eigenvalue weighted by molar-refractivity contribution is 5.42. The predicted molar refractivity (Wildman–Crippen MR) is 81.0 cm³/mol. The van der Waals surface area contributed by atoms with E-state index in [1.165, 1.54) is 18.4 Å². The van der Waals surface area contributed by atoms with E-state index in [9.17, 15) is 0 Å². The maximum atomic E-state index is 5.67. The Morgan fingerprint density at radius 2 is 2.35 bits per heavy atom. The fourth-order valence-electron chi connectivity index (χ4n) is 2.86. The van der Waals surface area contributed by atoms with Crippen molar-refractivity contribution >= 4 is 5.82 Å². The van der Waals surface area contributed by atoms with E-state index < -0.39 is 0 Å². The van der Waals surface area contributed by atoms with Crippen molar-refractivity contribution in [3.63, 3.8) is 0 Å². The topological polar surface area (TPSA) is 37.4 Å². The smallest absolute Gasteiger partial charge is 0.128 e. The fourth-order valence-corrected chi connectivity index (χ4v) is 2.86. The molecule has 1 aromatic heterocycles. The summed E-state index contributed by atoms with van der Waals surface area (Å²) >= 11 is 0. The van der Waals surface area contributed by atoms with E-state index in [4.69, 9.17) is 4.74 Å². The zero-order valence-corrected chi connectivity index (χ0v) is 12.6. The lowest BCUT2D eigenvalue weighted by Crippen LogP contribution is -2.47. The van der Waals surface area contributed by atoms with E-state index in [-0.39, 0.29) is 5.60 Å². The summed E-state index contributed by atoms with van der Waals surface area (Å²) in [6.45, 7) is 5.15. The third kappa shape index (κ3) is 3.30. The van der Waals surface area contributed by atoms with Crippen LogP contribution in [0.15, 0.2) is 18.3 Å². The standard InChI is InChI=1S/C16H25N3O/c1-16(20-2)7-3-9-19(12-16)15-10-13(6-8-17-15)11-18-14-4-5-14/h6,8,10,14,18H,3-5,7,9,11-12H2,1-2H3. The Hall–Kier alpha value is -1.13. The Balaban J connectivity index is 1.67. The number of pyridine rings is 1. The molecule has 1 atom stereocenters. The lowest BCUT2D eigenvalue weighted by Gasteiger charge is -2.40. The summed E-state index contributed by atoms with van der Waals surface area (Å²) in [6.07, 6.45) is 6.88. The molecular weight excluding hydrogens is 250 g/mol. The van der Waals surface area contributed by atoms with Crippen LogP contribution in [0.25, 0.3) is 0 Å². The molecule has 2 heterocycles. The Morgan fingerprint density at radius 1 is 1.50 bits per heavy atom. The minimum atomic E-state index is -0.0395. The van der Waals surface area contributed by atoms with Crippen molar-refractivity contribution in [2.75, 3.05) is 25.1 Å². The normalized spacial score (nSPS) is 26.8. The highest BCUT2D eigenvalue weighted by atomic mass is 16.5. The second kappa shape index (κ2) is 5.70. The van der Waals surface area contributed by atoms with E-state index >= 15 is 0 Å². The van der Waals surface area contributed by atoms with Crippen LogP contribution in [-0.2, 0) is 11.3 Å². The van der Waals surface area contributed by atoms with Crippen molar-refractivity contribution in [2.45, 2.75) is 50.8 Å². The average Bonchev–Trinajstić information content (AvgIpc) is 3.30. The van der Waals surface area contributed by atoms with Gasteiger partial charge < -0.3 is 15.0 Å². The number of nitrogens with zero attached hydrogens (tertiary/aromatic N) is 2. The van der Waals surface area contributed by atoms with Gasteiger partial charge in [-0.2, -0.15) is 0 Å². The molecule has 110 valence electrons. The molecule has 2 aliphatic rings. The van der Waals surface area contributed by atoms with Gasteiger partial charge in [0, 0.05) is 39.0 Å². The minimum absolute atomic E-state index is 0.0395. The molecule has 0 bridgehead atoms. The molecule has 1 saturated carbocycles. The van der Waals surface area contributed by atoms with Crippen LogP contribution in [0.1, 0.15) is 38.2 Å². The maximum absolute atomic E-state index is 5.67. The average molecular weight is 275 g/mol. The molecule has 1 aliphatic carbocycles. The lowest BCUT2D eigenvalue weighted by atomic mass is 9.95. The Labute approximate surface area is 121 Å². The first-order valence-electron chi connectivity index (χ1n) is 7.67. The van der Waals surface area contributed by atoms with Gasteiger partial charge in [-0.05, 0) is 50.3 Å². The van der Waals surface area contributed by atoms with Crippen LogP contribution in [0.5, 0.6) is 0 Å². The van der Waals surface area contributed by atoms with Gasteiger partial charge in [0.2, 0.25) is 0 Å². The Kier molecular flexibility index (Phi) is 3.94. The molecular formula is C16H25N3O. The van der Waals surface area contributed by atoms with Crippen molar-refractivity contribution in [1.29, 1.82) is 0 Å². The number of hydrogen-bond acceptors (Lipinski definition) is 4. The first kappa shape index (κ1) is 13.8. The zero-order chi connectivity index (χ0) is 14.0. The number of methoxy groups -OCH3 is 1. The van der Waals surface area contributed by atoms with Crippen LogP contribution in [0.2, 0.25) is 0 Å². The van der Waals surface area contributed by atoms with Gasteiger partial charge in [-0.25, -0.2) is 4.98 Å². The molecule has 0 radical (unpaired) electrons. The van der Waals surface area contributed by atoms with Crippen molar-refractivity contribution in [2.24, 2.45) is 0 Å². The summed E-state index contributed by atoms with van der Waals surface area (Å²) in [4.78, 5) is 6.90. The van der Waals surface area contributed by atoms with Crippen LogP contribution in [0, 0.1) is 0 Å². The highest BCUT2D eigenvalue weighted by Gasteiger charge is 2.31. The molecule has 1 unspecified atom stereocenters. The van der Waals surface area contributed by atoms with Gasteiger partial charge in [0.25, 0.3) is 0 Å².